The second kappa shape index (κ2) is 3.58. The minimum atomic E-state index is -1.10. The van der Waals surface area contributed by atoms with Gasteiger partial charge in [0.05, 0.1) is 5.56 Å². The predicted molar refractivity (Wildman–Crippen MR) is 56.0 cm³/mol. The molecule has 5 heteroatoms. The van der Waals surface area contributed by atoms with E-state index in [1.165, 1.54) is 0 Å². The van der Waals surface area contributed by atoms with Crippen molar-refractivity contribution >= 4 is 32.3 Å². The Morgan fingerprint density at radius 3 is 2.40 bits per heavy atom. The monoisotopic (exact) mass is 267 g/mol. The largest absolute Gasteiger partial charge is 0.335 e. The first-order valence-corrected chi connectivity index (χ1v) is 5.04. The lowest BCUT2D eigenvalue weighted by molar-refractivity contribution is -0.111. The van der Waals surface area contributed by atoms with Crippen LogP contribution >= 0.6 is 15.9 Å². The fraction of sp³-hybridized carbons (Fsp3) is 0.100. The van der Waals surface area contributed by atoms with Crippen LogP contribution in [0.4, 0.5) is 0 Å². The molecule has 1 amide bonds. The maximum Gasteiger partial charge on any atom is 0.252 e. The van der Waals surface area contributed by atoms with Crippen LogP contribution in [0.2, 0.25) is 0 Å². The summed E-state index contributed by atoms with van der Waals surface area (Å²) in [6.45, 7) is 0. The molecule has 1 aliphatic rings. The quantitative estimate of drug-likeness (QED) is 0.608. The number of fused-ring (bicyclic) bond motifs is 1. The lowest BCUT2D eigenvalue weighted by Gasteiger charge is -2.21. The summed E-state index contributed by atoms with van der Waals surface area (Å²) >= 11 is 2.68. The van der Waals surface area contributed by atoms with Crippen LogP contribution in [0.1, 0.15) is 20.7 Å². The van der Waals surface area contributed by atoms with E-state index in [4.69, 9.17) is 0 Å². The lowest BCUT2D eigenvalue weighted by Crippen LogP contribution is -2.49. The molecule has 1 unspecified atom stereocenters. The Morgan fingerprint density at radius 1 is 1.20 bits per heavy atom. The summed E-state index contributed by atoms with van der Waals surface area (Å²) in [5, 5.41) is 2.34. The molecule has 1 atom stereocenters. The number of hydrogen-bond acceptors (Lipinski definition) is 3. The Morgan fingerprint density at radius 2 is 1.80 bits per heavy atom. The molecule has 0 aliphatic carbocycles. The standard InChI is InChI=1S/C10H6BrNO3/c11-9(14)7-8(13)5-3-1-2-4-6(5)10(15)12-7/h1-4,7H,(H,12,15). The van der Waals surface area contributed by atoms with Gasteiger partial charge in [-0.25, -0.2) is 0 Å². The zero-order chi connectivity index (χ0) is 11.0. The minimum absolute atomic E-state index is 0.291. The van der Waals surface area contributed by atoms with Crippen molar-refractivity contribution in [1.82, 2.24) is 5.32 Å². The van der Waals surface area contributed by atoms with Gasteiger partial charge in [0.2, 0.25) is 4.69 Å². The van der Waals surface area contributed by atoms with Gasteiger partial charge < -0.3 is 5.32 Å². The molecule has 1 heterocycles. The lowest BCUT2D eigenvalue weighted by atomic mass is 9.95. The van der Waals surface area contributed by atoms with Crippen LogP contribution in [0, 0.1) is 0 Å². The first-order chi connectivity index (χ1) is 7.11. The highest BCUT2D eigenvalue weighted by Crippen LogP contribution is 2.17. The highest BCUT2D eigenvalue weighted by molar-refractivity contribution is 9.18. The van der Waals surface area contributed by atoms with Crippen LogP contribution in [-0.2, 0) is 4.79 Å². The summed E-state index contributed by atoms with van der Waals surface area (Å²) in [5.41, 5.74) is 0.603. The summed E-state index contributed by atoms with van der Waals surface area (Å²) in [4.78, 5) is 34.3. The van der Waals surface area contributed by atoms with Gasteiger partial charge in [0.15, 0.2) is 11.8 Å². The molecular formula is C10H6BrNO3. The van der Waals surface area contributed by atoms with Crippen LogP contribution < -0.4 is 5.32 Å². The van der Waals surface area contributed by atoms with Crippen molar-refractivity contribution in [3.05, 3.63) is 35.4 Å². The Kier molecular flexibility index (Phi) is 2.40. The molecule has 0 saturated carbocycles. The number of halogens is 1. The maximum absolute atomic E-state index is 11.7. The molecule has 15 heavy (non-hydrogen) atoms. The second-order valence-electron chi connectivity index (χ2n) is 3.12. The molecule has 4 nitrogen and oxygen atoms in total. The first kappa shape index (κ1) is 10.0. The van der Waals surface area contributed by atoms with Crippen LogP contribution in [0.15, 0.2) is 24.3 Å². The summed E-state index contributed by atoms with van der Waals surface area (Å²) in [6.07, 6.45) is 0. The first-order valence-electron chi connectivity index (χ1n) is 4.24. The molecule has 1 aromatic rings. The molecule has 0 aromatic heterocycles. The van der Waals surface area contributed by atoms with Gasteiger partial charge in [0.25, 0.3) is 5.91 Å². The topological polar surface area (TPSA) is 63.2 Å². The molecule has 1 aliphatic heterocycles. The van der Waals surface area contributed by atoms with Gasteiger partial charge in [-0.15, -0.1) is 0 Å². The Hall–Kier alpha value is -1.49. The highest BCUT2D eigenvalue weighted by Gasteiger charge is 2.34. The van der Waals surface area contributed by atoms with Crippen molar-refractivity contribution in [1.29, 1.82) is 0 Å². The Balaban J connectivity index is 2.53. The van der Waals surface area contributed by atoms with E-state index in [2.05, 4.69) is 21.2 Å². The number of amides is 1. The van der Waals surface area contributed by atoms with Crippen molar-refractivity contribution in [3.63, 3.8) is 0 Å². The van der Waals surface area contributed by atoms with Gasteiger partial charge in [-0.2, -0.15) is 0 Å². The SMILES string of the molecule is O=C1NC(C(=O)Br)C(=O)c2ccccc21. The molecule has 0 saturated heterocycles. The predicted octanol–water partition coefficient (Wildman–Crippen LogP) is 0.903. The molecule has 0 radical (unpaired) electrons. The maximum atomic E-state index is 11.7. The van der Waals surface area contributed by atoms with Crippen LogP contribution in [0.5, 0.6) is 0 Å². The van der Waals surface area contributed by atoms with Gasteiger partial charge in [0.1, 0.15) is 0 Å². The van der Waals surface area contributed by atoms with Crippen molar-refractivity contribution in [2.75, 3.05) is 0 Å². The van der Waals surface area contributed by atoms with E-state index in [1.54, 1.807) is 24.3 Å². The Bertz CT molecular complexity index is 469. The molecular weight excluding hydrogens is 262 g/mol. The molecule has 0 fully saturated rings. The van der Waals surface area contributed by atoms with E-state index in [1.807, 2.05) is 0 Å². The van der Waals surface area contributed by atoms with E-state index < -0.39 is 16.6 Å². The third-order valence-electron chi connectivity index (χ3n) is 2.20. The molecule has 2 rings (SSSR count). The van der Waals surface area contributed by atoms with Gasteiger partial charge >= 0.3 is 0 Å². The van der Waals surface area contributed by atoms with Crippen LogP contribution in [-0.4, -0.2) is 22.4 Å². The average Bonchev–Trinajstić information content (AvgIpc) is 2.23. The fourth-order valence-electron chi connectivity index (χ4n) is 1.49. The smallest absolute Gasteiger partial charge is 0.252 e. The summed E-state index contributed by atoms with van der Waals surface area (Å²) in [5.74, 6) is -0.782. The van der Waals surface area contributed by atoms with Gasteiger partial charge in [0, 0.05) is 5.56 Å². The normalized spacial score (nSPS) is 19.4. The van der Waals surface area contributed by atoms with Crippen LogP contribution in [0.25, 0.3) is 0 Å². The van der Waals surface area contributed by atoms with E-state index in [9.17, 15) is 14.4 Å². The van der Waals surface area contributed by atoms with Crippen molar-refractivity contribution < 1.29 is 14.4 Å². The third kappa shape index (κ3) is 1.59. The number of carbonyl (C=O) groups excluding carboxylic acids is 3. The number of hydrogen-bond donors (Lipinski definition) is 1. The fourth-order valence-corrected chi connectivity index (χ4v) is 1.81. The molecule has 0 bridgehead atoms. The van der Waals surface area contributed by atoms with E-state index in [-0.39, 0.29) is 5.78 Å². The van der Waals surface area contributed by atoms with Gasteiger partial charge in [-0.3, -0.25) is 14.4 Å². The number of rotatable bonds is 1. The number of ketones is 1. The third-order valence-corrected chi connectivity index (χ3v) is 2.66. The summed E-state index contributed by atoms with van der Waals surface area (Å²) < 4.78 is -0.532. The number of nitrogens with one attached hydrogen (secondary N) is 1. The Labute approximate surface area is 93.8 Å². The second-order valence-corrected chi connectivity index (χ2v) is 3.90. The van der Waals surface area contributed by atoms with Crippen LogP contribution in [0.3, 0.4) is 0 Å². The van der Waals surface area contributed by atoms with E-state index >= 15 is 0 Å². The number of Topliss-reactive ketones (excluding diaryl/α,β-unsaturated/α-hetero) is 1. The summed E-state index contributed by atoms with van der Waals surface area (Å²) in [7, 11) is 0. The zero-order valence-electron chi connectivity index (χ0n) is 7.49. The number of benzene rings is 1. The average molecular weight is 268 g/mol. The minimum Gasteiger partial charge on any atom is -0.335 e. The zero-order valence-corrected chi connectivity index (χ0v) is 9.08. The van der Waals surface area contributed by atoms with Crippen molar-refractivity contribution in [3.8, 4) is 0 Å². The van der Waals surface area contributed by atoms with Crippen molar-refractivity contribution in [2.24, 2.45) is 0 Å². The molecule has 1 aromatic carbocycles. The van der Waals surface area contributed by atoms with Gasteiger partial charge in [-0.05, 0) is 22.0 Å². The highest BCUT2D eigenvalue weighted by atomic mass is 79.9. The molecule has 0 spiro atoms. The van der Waals surface area contributed by atoms with E-state index in [0.717, 1.165) is 0 Å². The number of carbonyl (C=O) groups is 3. The van der Waals surface area contributed by atoms with E-state index in [0.29, 0.717) is 11.1 Å². The summed E-state index contributed by atoms with van der Waals surface area (Å²) in [6, 6.07) is 5.32. The van der Waals surface area contributed by atoms with Gasteiger partial charge in [-0.1, -0.05) is 18.2 Å². The molecule has 76 valence electrons. The molecule has 1 N–H and O–H groups in total. The van der Waals surface area contributed by atoms with Crippen molar-refractivity contribution in [2.45, 2.75) is 6.04 Å².